The van der Waals surface area contributed by atoms with E-state index in [0.29, 0.717) is 5.78 Å². The predicted molar refractivity (Wildman–Crippen MR) is 91.3 cm³/mol. The molecule has 1 aliphatic heterocycles. The van der Waals surface area contributed by atoms with Crippen molar-refractivity contribution in [1.29, 1.82) is 0 Å². The summed E-state index contributed by atoms with van der Waals surface area (Å²) < 4.78 is 1.80. The van der Waals surface area contributed by atoms with Crippen molar-refractivity contribution in [2.45, 2.75) is 32.7 Å². The van der Waals surface area contributed by atoms with Gasteiger partial charge >= 0.3 is 0 Å². The first kappa shape index (κ1) is 14.8. The molecular formula is C15H22N7S+. The quantitative estimate of drug-likeness (QED) is 0.756. The zero-order valence-electron chi connectivity index (χ0n) is 13.8. The lowest BCUT2D eigenvalue weighted by molar-refractivity contribution is -0.895. The van der Waals surface area contributed by atoms with Crippen LogP contribution < -0.4 is 9.80 Å². The maximum absolute atomic E-state index is 4.77. The van der Waals surface area contributed by atoms with Crippen molar-refractivity contribution >= 4 is 33.1 Å². The summed E-state index contributed by atoms with van der Waals surface area (Å²) >= 11 is 1.83. The zero-order valence-corrected chi connectivity index (χ0v) is 14.7. The monoisotopic (exact) mass is 332 g/mol. The molecule has 3 aromatic heterocycles. The van der Waals surface area contributed by atoms with Gasteiger partial charge in [-0.05, 0) is 22.4 Å². The number of quaternary nitrogens is 1. The summed E-state index contributed by atoms with van der Waals surface area (Å²) in [6.45, 7) is 5.47. The van der Waals surface area contributed by atoms with Crippen LogP contribution in [0.5, 0.6) is 0 Å². The van der Waals surface area contributed by atoms with E-state index in [4.69, 9.17) is 4.98 Å². The number of thiophene rings is 1. The number of likely N-dealkylation sites (N-methyl/N-ethyl adjacent to an activating group) is 1. The number of hydrogen-bond acceptors (Lipinski definition) is 6. The number of anilines is 1. The Morgan fingerprint density at radius 2 is 2.26 bits per heavy atom. The smallest absolute Gasteiger partial charge is 0.276 e. The van der Waals surface area contributed by atoms with Crippen molar-refractivity contribution < 1.29 is 4.90 Å². The van der Waals surface area contributed by atoms with Crippen LogP contribution in [0, 0.1) is 0 Å². The summed E-state index contributed by atoms with van der Waals surface area (Å²) in [6, 6.07) is 0. The van der Waals surface area contributed by atoms with Crippen LogP contribution in [-0.2, 0) is 13.0 Å². The first-order valence-electron chi connectivity index (χ1n) is 8.23. The van der Waals surface area contributed by atoms with E-state index in [2.05, 4.69) is 41.4 Å². The minimum atomic E-state index is 0.593. The number of aromatic nitrogens is 5. The van der Waals surface area contributed by atoms with E-state index >= 15 is 0 Å². The molecule has 1 unspecified atom stereocenters. The van der Waals surface area contributed by atoms with Gasteiger partial charge < -0.3 is 9.80 Å². The summed E-state index contributed by atoms with van der Waals surface area (Å²) in [5.74, 6) is 1.63. The molecule has 0 saturated heterocycles. The van der Waals surface area contributed by atoms with E-state index < -0.39 is 0 Å². The van der Waals surface area contributed by atoms with Gasteiger partial charge in [-0.15, -0.1) is 11.3 Å². The molecule has 23 heavy (non-hydrogen) atoms. The largest absolute Gasteiger partial charge is 0.359 e. The van der Waals surface area contributed by atoms with Crippen molar-refractivity contribution in [1.82, 2.24) is 25.0 Å². The second-order valence-corrected chi connectivity index (χ2v) is 7.50. The van der Waals surface area contributed by atoms with Crippen molar-refractivity contribution in [2.24, 2.45) is 0 Å². The van der Waals surface area contributed by atoms with Gasteiger partial charge in [0, 0.05) is 20.0 Å². The Morgan fingerprint density at radius 1 is 1.39 bits per heavy atom. The Labute approximate surface area is 138 Å². The molecule has 3 aromatic rings. The van der Waals surface area contributed by atoms with Crippen molar-refractivity contribution in [2.75, 3.05) is 32.1 Å². The van der Waals surface area contributed by atoms with Gasteiger partial charge in [0.2, 0.25) is 0 Å². The second-order valence-electron chi connectivity index (χ2n) is 6.42. The molecule has 122 valence electrons. The van der Waals surface area contributed by atoms with Crippen LogP contribution in [-0.4, -0.2) is 52.2 Å². The van der Waals surface area contributed by atoms with Crippen LogP contribution in [0.1, 0.15) is 30.2 Å². The van der Waals surface area contributed by atoms with E-state index in [-0.39, 0.29) is 0 Å². The average Bonchev–Trinajstić information content (AvgIpc) is 3.14. The van der Waals surface area contributed by atoms with E-state index in [9.17, 15) is 0 Å². The lowest BCUT2D eigenvalue weighted by atomic mass is 10.1. The van der Waals surface area contributed by atoms with E-state index in [1.54, 1.807) is 9.42 Å². The number of rotatable bonds is 4. The highest BCUT2D eigenvalue weighted by atomic mass is 32.1. The van der Waals surface area contributed by atoms with Crippen molar-refractivity contribution in [3.05, 3.63) is 10.4 Å². The van der Waals surface area contributed by atoms with Gasteiger partial charge in [0.05, 0.1) is 23.9 Å². The molecule has 0 aromatic carbocycles. The maximum atomic E-state index is 4.77. The minimum absolute atomic E-state index is 0.593. The number of nitrogens with one attached hydrogen (secondary N) is 1. The first-order valence-corrected chi connectivity index (χ1v) is 9.05. The third-order valence-corrected chi connectivity index (χ3v) is 5.83. The normalized spacial score (nSPS) is 17.8. The highest BCUT2D eigenvalue weighted by Gasteiger charge is 2.27. The van der Waals surface area contributed by atoms with Gasteiger partial charge in [0.15, 0.2) is 0 Å². The minimum Gasteiger partial charge on any atom is -0.359 e. The van der Waals surface area contributed by atoms with Crippen LogP contribution in [0.4, 0.5) is 5.82 Å². The van der Waals surface area contributed by atoms with E-state index in [1.807, 2.05) is 11.3 Å². The summed E-state index contributed by atoms with van der Waals surface area (Å²) in [6.07, 6.45) is 3.44. The van der Waals surface area contributed by atoms with E-state index in [1.165, 1.54) is 28.8 Å². The molecule has 0 aliphatic carbocycles. The zero-order chi connectivity index (χ0) is 16.0. The number of fused-ring (bicyclic) bond motifs is 5. The van der Waals surface area contributed by atoms with Crippen LogP contribution >= 0.6 is 11.3 Å². The van der Waals surface area contributed by atoms with E-state index in [0.717, 1.165) is 36.6 Å². The molecule has 0 amide bonds. The van der Waals surface area contributed by atoms with Gasteiger partial charge in [-0.3, -0.25) is 0 Å². The second kappa shape index (κ2) is 5.68. The fraction of sp³-hybridized carbons (Fsp3) is 0.600. The molecule has 1 N–H and O–H groups in total. The van der Waals surface area contributed by atoms with Crippen molar-refractivity contribution in [3.8, 4) is 0 Å². The van der Waals surface area contributed by atoms with Crippen LogP contribution in [0.2, 0.25) is 0 Å². The molecule has 0 fully saturated rings. The molecule has 1 aliphatic rings. The van der Waals surface area contributed by atoms with Gasteiger partial charge in [-0.1, -0.05) is 18.4 Å². The Balaban J connectivity index is 1.95. The standard InChI is InChI=1S/C15H21N7S/c1-4-5-7-21(3)13-12-10-6-8-20(2)9-11(10)23-14(12)22-15(16-13)17-18-19-22/h4-9H2,1-3H3/p+1. The Bertz CT molecular complexity index is 852. The third kappa shape index (κ3) is 2.36. The lowest BCUT2D eigenvalue weighted by Crippen LogP contribution is -3.08. The molecule has 4 heterocycles. The fourth-order valence-electron chi connectivity index (χ4n) is 3.30. The molecule has 4 rings (SSSR count). The Morgan fingerprint density at radius 3 is 3.09 bits per heavy atom. The van der Waals surface area contributed by atoms with Gasteiger partial charge in [-0.2, -0.15) is 9.50 Å². The van der Waals surface area contributed by atoms with Crippen molar-refractivity contribution in [3.63, 3.8) is 0 Å². The molecule has 0 saturated carbocycles. The Kier molecular flexibility index (Phi) is 3.65. The predicted octanol–water partition coefficient (Wildman–Crippen LogP) is 0.541. The third-order valence-electron chi connectivity index (χ3n) is 4.62. The number of nitrogens with zero attached hydrogens (tertiary/aromatic N) is 6. The molecule has 0 bridgehead atoms. The maximum Gasteiger partial charge on any atom is 0.276 e. The number of tetrazole rings is 1. The molecule has 7 nitrogen and oxygen atoms in total. The number of unbranched alkanes of at least 4 members (excludes halogenated alkanes) is 1. The topological polar surface area (TPSA) is 63.7 Å². The van der Waals surface area contributed by atoms with Gasteiger partial charge in [0.25, 0.3) is 5.78 Å². The number of hydrogen-bond donors (Lipinski definition) is 1. The average molecular weight is 332 g/mol. The summed E-state index contributed by atoms with van der Waals surface area (Å²) in [5, 5.41) is 13.3. The highest BCUT2D eigenvalue weighted by Crippen LogP contribution is 2.37. The van der Waals surface area contributed by atoms with Gasteiger partial charge in [-0.25, -0.2) is 0 Å². The van der Waals surface area contributed by atoms with Gasteiger partial charge in [0.1, 0.15) is 17.2 Å². The van der Waals surface area contributed by atoms with Crippen LogP contribution in [0.3, 0.4) is 0 Å². The van der Waals surface area contributed by atoms with Crippen LogP contribution in [0.25, 0.3) is 16.0 Å². The summed E-state index contributed by atoms with van der Waals surface area (Å²) in [4.78, 5) is 11.2. The Hall–Kier alpha value is -1.80. The lowest BCUT2D eigenvalue weighted by Gasteiger charge is -2.22. The highest BCUT2D eigenvalue weighted by molar-refractivity contribution is 7.19. The summed E-state index contributed by atoms with van der Waals surface area (Å²) in [5.41, 5.74) is 1.46. The van der Waals surface area contributed by atoms with Crippen LogP contribution in [0.15, 0.2) is 0 Å². The SMILES string of the molecule is CCCCN(C)c1nc2nnnn2c2sc3c(c12)CC[NH+](C)C3. The molecule has 8 heteroatoms. The first-order chi connectivity index (χ1) is 11.2. The molecule has 0 spiro atoms. The molecule has 0 radical (unpaired) electrons. The molecular weight excluding hydrogens is 310 g/mol. The summed E-state index contributed by atoms with van der Waals surface area (Å²) in [7, 11) is 4.38. The molecule has 1 atom stereocenters. The fourth-order valence-corrected chi connectivity index (χ4v) is 4.70.